The van der Waals surface area contributed by atoms with Crippen molar-refractivity contribution in [3.05, 3.63) is 52.9 Å². The summed E-state index contributed by atoms with van der Waals surface area (Å²) in [6.45, 7) is 2.09. The Hall–Kier alpha value is -1.92. The number of rotatable bonds is 6. The van der Waals surface area contributed by atoms with Crippen LogP contribution in [0.4, 0.5) is 0 Å². The van der Waals surface area contributed by atoms with Gasteiger partial charge in [-0.2, -0.15) is 13.5 Å². The van der Waals surface area contributed by atoms with E-state index in [2.05, 4.69) is 5.32 Å². The van der Waals surface area contributed by atoms with Crippen LogP contribution >= 0.6 is 24.8 Å². The van der Waals surface area contributed by atoms with Gasteiger partial charge >= 0.3 is 0 Å². The van der Waals surface area contributed by atoms with E-state index in [1.165, 1.54) is 6.92 Å². The van der Waals surface area contributed by atoms with Gasteiger partial charge in [-0.05, 0) is 23.6 Å². The first-order chi connectivity index (χ1) is 10.7. The number of nitrogens with one attached hydrogen (secondary N) is 1. The molecule has 0 fully saturated rings. The van der Waals surface area contributed by atoms with Gasteiger partial charge in [0.15, 0.2) is 11.3 Å². The van der Waals surface area contributed by atoms with Crippen LogP contribution in [0.25, 0.3) is 11.0 Å². The van der Waals surface area contributed by atoms with Crippen molar-refractivity contribution >= 4 is 41.7 Å². The number of thiophene rings is 1. The standard InChI is InChI=1S/C17H17NO3S.H2S/c1-12(19)18-9-7-14(16-6-3-11-22-16)21-15-5-2-4-13-8-10-20-17(13)15;/h2-6,8,10-11,14H,7,9H2,1H3,(H,18,19);1H2/t14-;/m0./s1. The first kappa shape index (κ1) is 17.4. The molecule has 4 nitrogen and oxygen atoms in total. The van der Waals surface area contributed by atoms with Crippen molar-refractivity contribution in [3.63, 3.8) is 0 Å². The van der Waals surface area contributed by atoms with Crippen molar-refractivity contribution in [2.45, 2.75) is 19.4 Å². The first-order valence-electron chi connectivity index (χ1n) is 7.15. The second kappa shape index (κ2) is 8.08. The molecular weight excluding hydrogens is 330 g/mol. The van der Waals surface area contributed by atoms with Crippen LogP contribution < -0.4 is 10.1 Å². The Bertz CT molecular complexity index is 752. The summed E-state index contributed by atoms with van der Waals surface area (Å²) in [5.41, 5.74) is 0.753. The molecular formula is C17H19NO3S2. The average Bonchev–Trinajstić information content (AvgIpc) is 3.17. The third kappa shape index (κ3) is 4.30. The molecule has 0 spiro atoms. The van der Waals surface area contributed by atoms with Gasteiger partial charge in [-0.1, -0.05) is 18.2 Å². The Kier molecular flexibility index (Phi) is 6.12. The maximum absolute atomic E-state index is 11.0. The molecule has 0 aliphatic heterocycles. The highest BCUT2D eigenvalue weighted by molar-refractivity contribution is 7.59. The van der Waals surface area contributed by atoms with E-state index in [9.17, 15) is 4.79 Å². The van der Waals surface area contributed by atoms with E-state index in [-0.39, 0.29) is 25.5 Å². The molecule has 0 aliphatic carbocycles. The van der Waals surface area contributed by atoms with E-state index in [1.54, 1.807) is 17.6 Å². The number of furan rings is 1. The lowest BCUT2D eigenvalue weighted by molar-refractivity contribution is -0.119. The lowest BCUT2D eigenvalue weighted by atomic mass is 10.2. The second-order valence-electron chi connectivity index (χ2n) is 4.99. The number of hydrogen-bond acceptors (Lipinski definition) is 4. The van der Waals surface area contributed by atoms with Gasteiger partial charge < -0.3 is 14.5 Å². The molecule has 2 aromatic heterocycles. The molecule has 122 valence electrons. The molecule has 2 heterocycles. The summed E-state index contributed by atoms with van der Waals surface area (Å²) < 4.78 is 11.7. The fraction of sp³-hybridized carbons (Fsp3) is 0.235. The summed E-state index contributed by atoms with van der Waals surface area (Å²) in [6.07, 6.45) is 2.26. The van der Waals surface area contributed by atoms with Crippen LogP contribution in [0.15, 0.2) is 52.5 Å². The maximum atomic E-state index is 11.0. The third-order valence-corrected chi connectivity index (χ3v) is 4.32. The largest absolute Gasteiger partial charge is 0.481 e. The van der Waals surface area contributed by atoms with E-state index in [1.807, 2.05) is 41.8 Å². The van der Waals surface area contributed by atoms with Gasteiger partial charge in [-0.3, -0.25) is 4.79 Å². The number of hydrogen-bond donors (Lipinski definition) is 1. The monoisotopic (exact) mass is 349 g/mol. The van der Waals surface area contributed by atoms with Crippen molar-refractivity contribution < 1.29 is 13.9 Å². The van der Waals surface area contributed by atoms with Crippen molar-refractivity contribution in [1.82, 2.24) is 5.32 Å². The molecule has 3 rings (SSSR count). The normalized spacial score (nSPS) is 11.7. The number of amides is 1. The summed E-state index contributed by atoms with van der Waals surface area (Å²) in [7, 11) is 0. The Morgan fingerprint density at radius 3 is 2.91 bits per heavy atom. The molecule has 1 atom stereocenters. The molecule has 23 heavy (non-hydrogen) atoms. The molecule has 1 N–H and O–H groups in total. The number of fused-ring (bicyclic) bond motifs is 1. The van der Waals surface area contributed by atoms with Gasteiger partial charge in [0.25, 0.3) is 0 Å². The number of carbonyl (C=O) groups is 1. The zero-order chi connectivity index (χ0) is 15.4. The number of benzene rings is 1. The van der Waals surface area contributed by atoms with Crippen LogP contribution in [0.5, 0.6) is 5.75 Å². The van der Waals surface area contributed by atoms with Crippen LogP contribution in [-0.2, 0) is 4.79 Å². The summed E-state index contributed by atoms with van der Waals surface area (Å²) in [4.78, 5) is 12.2. The van der Waals surface area contributed by atoms with Crippen LogP contribution in [-0.4, -0.2) is 12.5 Å². The number of para-hydroxylation sites is 1. The Balaban J connectivity index is 0.00000192. The average molecular weight is 349 g/mol. The highest BCUT2D eigenvalue weighted by Crippen LogP contribution is 2.33. The van der Waals surface area contributed by atoms with E-state index >= 15 is 0 Å². The fourth-order valence-corrected chi connectivity index (χ4v) is 3.11. The van der Waals surface area contributed by atoms with Crippen LogP contribution in [0, 0.1) is 0 Å². The first-order valence-corrected chi connectivity index (χ1v) is 8.03. The minimum atomic E-state index is -0.109. The van der Waals surface area contributed by atoms with Gasteiger partial charge in [-0.25, -0.2) is 0 Å². The van der Waals surface area contributed by atoms with Gasteiger partial charge in [0.05, 0.1) is 6.26 Å². The zero-order valence-corrected chi connectivity index (χ0v) is 14.6. The lowest BCUT2D eigenvalue weighted by Gasteiger charge is -2.18. The topological polar surface area (TPSA) is 51.5 Å². The predicted molar refractivity (Wildman–Crippen MR) is 97.6 cm³/mol. The van der Waals surface area contributed by atoms with Gasteiger partial charge in [-0.15, -0.1) is 11.3 Å². The maximum Gasteiger partial charge on any atom is 0.216 e. The molecule has 0 saturated heterocycles. The van der Waals surface area contributed by atoms with E-state index < -0.39 is 0 Å². The SMILES string of the molecule is CC(=O)NCC[C@H](Oc1cccc2ccoc12)c1cccs1.S. The number of carbonyl (C=O) groups excluding carboxylic acids is 1. The molecule has 0 bridgehead atoms. The van der Waals surface area contributed by atoms with E-state index in [4.69, 9.17) is 9.15 Å². The summed E-state index contributed by atoms with van der Waals surface area (Å²) in [6, 6.07) is 11.8. The van der Waals surface area contributed by atoms with Crippen LogP contribution in [0.2, 0.25) is 0 Å². The van der Waals surface area contributed by atoms with Crippen molar-refractivity contribution in [3.8, 4) is 5.75 Å². The summed E-state index contributed by atoms with van der Waals surface area (Å²) in [5.74, 6) is 0.696. The predicted octanol–water partition coefficient (Wildman–Crippen LogP) is 4.25. The van der Waals surface area contributed by atoms with Crippen LogP contribution in [0.1, 0.15) is 24.3 Å². The van der Waals surface area contributed by atoms with Crippen molar-refractivity contribution in [2.24, 2.45) is 0 Å². The quantitative estimate of drug-likeness (QED) is 0.724. The second-order valence-corrected chi connectivity index (χ2v) is 5.97. The molecule has 6 heteroatoms. The van der Waals surface area contributed by atoms with Crippen molar-refractivity contribution in [2.75, 3.05) is 6.54 Å². The Morgan fingerprint density at radius 2 is 2.17 bits per heavy atom. The third-order valence-electron chi connectivity index (χ3n) is 3.35. The van der Waals surface area contributed by atoms with E-state index in [0.29, 0.717) is 13.0 Å². The lowest BCUT2D eigenvalue weighted by Crippen LogP contribution is -2.23. The van der Waals surface area contributed by atoms with Gasteiger partial charge in [0.2, 0.25) is 5.91 Å². The van der Waals surface area contributed by atoms with Crippen molar-refractivity contribution in [1.29, 1.82) is 0 Å². The fourth-order valence-electron chi connectivity index (χ4n) is 2.32. The highest BCUT2D eigenvalue weighted by atomic mass is 32.1. The number of ether oxygens (including phenoxy) is 1. The molecule has 0 saturated carbocycles. The molecule has 0 aliphatic rings. The Labute approximate surface area is 145 Å². The molecule has 0 unspecified atom stereocenters. The molecule has 1 aromatic carbocycles. The van der Waals surface area contributed by atoms with E-state index in [0.717, 1.165) is 21.6 Å². The smallest absolute Gasteiger partial charge is 0.216 e. The van der Waals surface area contributed by atoms with Gasteiger partial charge in [0.1, 0.15) is 6.10 Å². The minimum absolute atomic E-state index is 0. The molecule has 1 amide bonds. The Morgan fingerprint density at radius 1 is 1.30 bits per heavy atom. The summed E-state index contributed by atoms with van der Waals surface area (Å²) >= 11 is 1.65. The molecule has 0 radical (unpaired) electrons. The molecule has 3 aromatic rings. The minimum Gasteiger partial charge on any atom is -0.481 e. The summed E-state index contributed by atoms with van der Waals surface area (Å²) in [5, 5.41) is 5.86. The highest BCUT2D eigenvalue weighted by Gasteiger charge is 2.17. The van der Waals surface area contributed by atoms with Crippen LogP contribution in [0.3, 0.4) is 0 Å². The zero-order valence-electron chi connectivity index (χ0n) is 12.7. The van der Waals surface area contributed by atoms with Gasteiger partial charge in [0, 0.05) is 30.2 Å².